The highest BCUT2D eigenvalue weighted by Gasteiger charge is 2.16. The number of para-hydroxylation sites is 1. The van der Waals surface area contributed by atoms with Crippen LogP contribution in [0.5, 0.6) is 0 Å². The maximum Gasteiger partial charge on any atom is 0.238 e. The number of nitrogens with zero attached hydrogens (tertiary/aromatic N) is 1. The van der Waals surface area contributed by atoms with Crippen molar-refractivity contribution in [3.8, 4) is 0 Å². The quantitative estimate of drug-likeness (QED) is 0.547. The molecule has 0 aliphatic rings. The Morgan fingerprint density at radius 2 is 1.96 bits per heavy atom. The van der Waals surface area contributed by atoms with Crippen molar-refractivity contribution < 1.29 is 9.18 Å². The van der Waals surface area contributed by atoms with E-state index in [-0.39, 0.29) is 24.3 Å². The van der Waals surface area contributed by atoms with Gasteiger partial charge in [0.05, 0.1) is 12.2 Å². The lowest BCUT2D eigenvalue weighted by Gasteiger charge is -2.24. The molecule has 25 heavy (non-hydrogen) atoms. The first-order valence-corrected chi connectivity index (χ1v) is 9.08. The number of amides is 1. The van der Waals surface area contributed by atoms with Crippen LogP contribution in [0.15, 0.2) is 66.1 Å². The van der Waals surface area contributed by atoms with Gasteiger partial charge >= 0.3 is 0 Å². The van der Waals surface area contributed by atoms with Gasteiger partial charge in [0.2, 0.25) is 5.91 Å². The average molecular weight is 358 g/mol. The fourth-order valence-corrected chi connectivity index (χ4v) is 3.14. The second-order valence-electron chi connectivity index (χ2n) is 5.79. The molecule has 0 aromatic heterocycles. The Balaban J connectivity index is 1.97. The molecule has 1 unspecified atom stereocenters. The summed E-state index contributed by atoms with van der Waals surface area (Å²) in [6.45, 7) is 5.96. The van der Waals surface area contributed by atoms with Gasteiger partial charge in [-0.25, -0.2) is 4.39 Å². The lowest BCUT2D eigenvalue weighted by molar-refractivity contribution is -0.117. The van der Waals surface area contributed by atoms with Gasteiger partial charge in [0, 0.05) is 16.7 Å². The van der Waals surface area contributed by atoms with Crippen LogP contribution in [0.1, 0.15) is 18.5 Å². The molecule has 0 radical (unpaired) electrons. The van der Waals surface area contributed by atoms with Crippen molar-refractivity contribution in [1.82, 2.24) is 4.90 Å². The fourth-order valence-electron chi connectivity index (χ4n) is 2.39. The molecule has 0 fully saturated rings. The van der Waals surface area contributed by atoms with E-state index in [1.54, 1.807) is 23.9 Å². The largest absolute Gasteiger partial charge is 0.324 e. The maximum atomic E-state index is 13.0. The molecule has 5 heteroatoms. The first kappa shape index (κ1) is 19.2. The summed E-state index contributed by atoms with van der Waals surface area (Å²) in [5.74, 6) is 0.446. The minimum atomic E-state index is -0.259. The normalized spacial score (nSPS) is 12.0. The zero-order valence-corrected chi connectivity index (χ0v) is 15.4. The number of thioether (sulfide) groups is 1. The average Bonchev–Trinajstić information content (AvgIpc) is 2.61. The second kappa shape index (κ2) is 9.39. The molecule has 0 bridgehead atoms. The molecule has 1 atom stereocenters. The summed E-state index contributed by atoms with van der Waals surface area (Å²) in [5.41, 5.74) is 1.78. The van der Waals surface area contributed by atoms with Gasteiger partial charge in [-0.1, -0.05) is 30.3 Å². The van der Waals surface area contributed by atoms with Crippen LogP contribution in [-0.2, 0) is 4.79 Å². The molecule has 3 nitrogen and oxygen atoms in total. The molecular weight excluding hydrogens is 335 g/mol. The number of benzene rings is 2. The smallest absolute Gasteiger partial charge is 0.238 e. The molecule has 0 spiro atoms. The lowest BCUT2D eigenvalue weighted by atomic mass is 10.1. The standard InChI is InChI=1S/C20H23FN2OS/c1-4-13-25-19-8-6-5-7-18(19)22-20(24)14-23(3)15(2)16-9-11-17(21)12-10-16/h4-12,15H,1,13-14H2,2-3H3,(H,22,24). The minimum absolute atomic E-state index is 0.0109. The Morgan fingerprint density at radius 3 is 2.64 bits per heavy atom. The second-order valence-corrected chi connectivity index (χ2v) is 6.85. The summed E-state index contributed by atoms with van der Waals surface area (Å²) < 4.78 is 13.0. The van der Waals surface area contributed by atoms with Crippen LogP contribution in [0.25, 0.3) is 0 Å². The minimum Gasteiger partial charge on any atom is -0.324 e. The molecule has 1 amide bonds. The van der Waals surface area contributed by atoms with E-state index in [1.807, 2.05) is 49.2 Å². The Morgan fingerprint density at radius 1 is 1.28 bits per heavy atom. The van der Waals surface area contributed by atoms with Crippen LogP contribution < -0.4 is 5.32 Å². The van der Waals surface area contributed by atoms with Crippen molar-refractivity contribution >= 4 is 23.4 Å². The van der Waals surface area contributed by atoms with Gasteiger partial charge in [-0.05, 0) is 43.8 Å². The van der Waals surface area contributed by atoms with Gasteiger partial charge in [-0.15, -0.1) is 18.3 Å². The number of halogens is 1. The number of likely N-dealkylation sites (N-methyl/N-ethyl adjacent to an activating group) is 1. The van der Waals surface area contributed by atoms with Crippen molar-refractivity contribution in [3.05, 3.63) is 72.6 Å². The van der Waals surface area contributed by atoms with Crippen LogP contribution >= 0.6 is 11.8 Å². The highest BCUT2D eigenvalue weighted by Crippen LogP contribution is 2.27. The number of anilines is 1. The number of rotatable bonds is 8. The highest BCUT2D eigenvalue weighted by molar-refractivity contribution is 7.99. The van der Waals surface area contributed by atoms with Gasteiger partial charge in [0.15, 0.2) is 0 Å². The molecule has 0 saturated carbocycles. The van der Waals surface area contributed by atoms with Crippen molar-refractivity contribution in [2.24, 2.45) is 0 Å². The number of hydrogen-bond donors (Lipinski definition) is 1. The highest BCUT2D eigenvalue weighted by atomic mass is 32.2. The Bertz CT molecular complexity index is 718. The van der Waals surface area contributed by atoms with E-state index < -0.39 is 0 Å². The predicted molar refractivity (Wildman–Crippen MR) is 103 cm³/mol. The van der Waals surface area contributed by atoms with Gasteiger partial charge in [-0.2, -0.15) is 0 Å². The summed E-state index contributed by atoms with van der Waals surface area (Å²) in [5, 5.41) is 2.97. The molecule has 0 saturated heterocycles. The van der Waals surface area contributed by atoms with E-state index >= 15 is 0 Å². The third-order valence-corrected chi connectivity index (χ3v) is 4.99. The van der Waals surface area contributed by atoms with Crippen molar-refractivity contribution in [3.63, 3.8) is 0 Å². The summed E-state index contributed by atoms with van der Waals surface area (Å²) in [4.78, 5) is 15.3. The van der Waals surface area contributed by atoms with E-state index in [1.165, 1.54) is 12.1 Å². The first-order valence-electron chi connectivity index (χ1n) is 8.09. The van der Waals surface area contributed by atoms with Crippen LogP contribution in [0.4, 0.5) is 10.1 Å². The topological polar surface area (TPSA) is 32.3 Å². The maximum absolute atomic E-state index is 13.0. The molecule has 0 heterocycles. The fraction of sp³-hybridized carbons (Fsp3) is 0.250. The molecule has 2 aromatic carbocycles. The monoisotopic (exact) mass is 358 g/mol. The Hall–Kier alpha value is -2.11. The summed E-state index contributed by atoms with van der Waals surface area (Å²) in [6, 6.07) is 14.1. The number of nitrogens with one attached hydrogen (secondary N) is 1. The molecule has 2 aromatic rings. The van der Waals surface area contributed by atoms with E-state index in [0.717, 1.165) is 21.9 Å². The van der Waals surface area contributed by atoms with Gasteiger partial charge in [-0.3, -0.25) is 9.69 Å². The van der Waals surface area contributed by atoms with Gasteiger partial charge in [0.1, 0.15) is 5.82 Å². The number of carbonyl (C=O) groups is 1. The molecule has 0 aliphatic carbocycles. The number of carbonyl (C=O) groups excluding carboxylic acids is 1. The third-order valence-electron chi connectivity index (χ3n) is 3.92. The molecule has 1 N–H and O–H groups in total. The van der Waals surface area contributed by atoms with E-state index in [0.29, 0.717) is 0 Å². The zero-order chi connectivity index (χ0) is 18.2. The Kier molecular flexibility index (Phi) is 7.22. The van der Waals surface area contributed by atoms with E-state index in [9.17, 15) is 9.18 Å². The summed E-state index contributed by atoms with van der Waals surface area (Å²) in [6.07, 6.45) is 1.83. The summed E-state index contributed by atoms with van der Waals surface area (Å²) >= 11 is 1.63. The SMILES string of the molecule is C=CCSc1ccccc1NC(=O)CN(C)C(C)c1ccc(F)cc1. The van der Waals surface area contributed by atoms with Crippen molar-refractivity contribution in [2.75, 3.05) is 24.7 Å². The zero-order valence-electron chi connectivity index (χ0n) is 14.5. The van der Waals surface area contributed by atoms with Crippen LogP contribution in [0.2, 0.25) is 0 Å². The van der Waals surface area contributed by atoms with Crippen molar-refractivity contribution in [1.29, 1.82) is 0 Å². The molecule has 2 rings (SSSR count). The van der Waals surface area contributed by atoms with Crippen LogP contribution in [-0.4, -0.2) is 30.2 Å². The number of hydrogen-bond acceptors (Lipinski definition) is 3. The van der Waals surface area contributed by atoms with Crippen LogP contribution in [0.3, 0.4) is 0 Å². The van der Waals surface area contributed by atoms with Gasteiger partial charge in [0.25, 0.3) is 0 Å². The molecular formula is C20H23FN2OS. The van der Waals surface area contributed by atoms with E-state index in [2.05, 4.69) is 11.9 Å². The van der Waals surface area contributed by atoms with Crippen LogP contribution in [0, 0.1) is 5.82 Å². The molecule has 0 aliphatic heterocycles. The van der Waals surface area contributed by atoms with Gasteiger partial charge < -0.3 is 5.32 Å². The summed E-state index contributed by atoms with van der Waals surface area (Å²) in [7, 11) is 1.88. The lowest BCUT2D eigenvalue weighted by Crippen LogP contribution is -2.32. The van der Waals surface area contributed by atoms with E-state index in [4.69, 9.17) is 0 Å². The Labute approximate surface area is 152 Å². The first-order chi connectivity index (χ1) is 12.0. The van der Waals surface area contributed by atoms with Crippen molar-refractivity contribution in [2.45, 2.75) is 17.9 Å². The predicted octanol–water partition coefficient (Wildman–Crippen LogP) is 4.74. The third kappa shape index (κ3) is 5.73. The molecule has 132 valence electrons.